The molecule has 0 bridgehead atoms. The van der Waals surface area contributed by atoms with Crippen molar-refractivity contribution in [3.8, 4) is 5.88 Å². The van der Waals surface area contributed by atoms with Gasteiger partial charge in [-0.2, -0.15) is 5.10 Å². The Bertz CT molecular complexity index is 366. The summed E-state index contributed by atoms with van der Waals surface area (Å²) in [6, 6.07) is 1.38. The molecule has 1 atom stereocenters. The lowest BCUT2D eigenvalue weighted by atomic mass is 10.1. The fourth-order valence-electron chi connectivity index (χ4n) is 1.47. The van der Waals surface area contributed by atoms with Crippen molar-refractivity contribution in [1.82, 2.24) is 10.2 Å². The summed E-state index contributed by atoms with van der Waals surface area (Å²) in [5.74, 6) is -0.482. The highest BCUT2D eigenvalue weighted by atomic mass is 16.5. The van der Waals surface area contributed by atoms with Gasteiger partial charge in [-0.3, -0.25) is 0 Å². The van der Waals surface area contributed by atoms with Crippen LogP contribution in [0.4, 0.5) is 0 Å². The van der Waals surface area contributed by atoms with Gasteiger partial charge in [0.15, 0.2) is 0 Å². The molecule has 1 rings (SSSR count). The maximum Gasteiger partial charge on any atom is 0.341 e. The lowest BCUT2D eigenvalue weighted by Gasteiger charge is -2.16. The molecule has 16 heavy (non-hydrogen) atoms. The molecule has 0 fully saturated rings. The second-order valence-corrected chi connectivity index (χ2v) is 4.11. The van der Waals surface area contributed by atoms with Gasteiger partial charge in [0.1, 0.15) is 5.56 Å². The Balaban J connectivity index is 2.76. The van der Waals surface area contributed by atoms with Gasteiger partial charge >= 0.3 is 5.97 Å². The first kappa shape index (κ1) is 12.4. The van der Waals surface area contributed by atoms with E-state index in [4.69, 9.17) is 9.84 Å². The molecule has 0 saturated heterocycles. The summed E-state index contributed by atoms with van der Waals surface area (Å²) in [4.78, 5) is 10.9. The maximum atomic E-state index is 10.9. The average Bonchev–Trinajstić information content (AvgIpc) is 2.16. The van der Waals surface area contributed by atoms with Crippen molar-refractivity contribution >= 4 is 5.97 Å². The van der Waals surface area contributed by atoms with Crippen molar-refractivity contribution in [2.24, 2.45) is 5.92 Å². The van der Waals surface area contributed by atoms with E-state index in [0.29, 0.717) is 5.92 Å². The van der Waals surface area contributed by atoms with E-state index in [1.807, 2.05) is 6.92 Å². The summed E-state index contributed by atoms with van der Waals surface area (Å²) in [7, 11) is 0. The smallest absolute Gasteiger partial charge is 0.341 e. The van der Waals surface area contributed by atoms with E-state index in [9.17, 15) is 4.79 Å². The normalized spacial score (nSPS) is 12.5. The number of aromatic nitrogens is 2. The summed E-state index contributed by atoms with van der Waals surface area (Å²) in [6.45, 7) is 6.05. The molecule has 0 aliphatic carbocycles. The first-order chi connectivity index (χ1) is 7.50. The van der Waals surface area contributed by atoms with E-state index in [2.05, 4.69) is 24.0 Å². The molecule has 0 spiro atoms. The molecule has 0 aliphatic rings. The molecule has 1 N–H and O–H groups in total. The number of carbonyl (C=O) groups is 1. The van der Waals surface area contributed by atoms with Crippen molar-refractivity contribution in [3.05, 3.63) is 17.8 Å². The van der Waals surface area contributed by atoms with Crippen molar-refractivity contribution < 1.29 is 14.6 Å². The van der Waals surface area contributed by atoms with Crippen LogP contribution >= 0.6 is 0 Å². The van der Waals surface area contributed by atoms with Crippen LogP contribution in [0.1, 0.15) is 37.6 Å². The first-order valence-electron chi connectivity index (χ1n) is 5.22. The standard InChI is InChI=1S/C11H16N2O3/c1-7(2)6-8(3)16-10-9(11(14)15)4-5-12-13-10/h4-5,7-8H,6H2,1-3H3,(H,14,15). The topological polar surface area (TPSA) is 72.3 Å². The van der Waals surface area contributed by atoms with Crippen molar-refractivity contribution in [2.75, 3.05) is 0 Å². The number of ether oxygens (including phenoxy) is 1. The Kier molecular flexibility index (Phi) is 4.22. The molecular weight excluding hydrogens is 208 g/mol. The second-order valence-electron chi connectivity index (χ2n) is 4.11. The zero-order valence-corrected chi connectivity index (χ0v) is 9.67. The molecule has 0 amide bonds. The van der Waals surface area contributed by atoms with Crippen molar-refractivity contribution in [2.45, 2.75) is 33.3 Å². The van der Waals surface area contributed by atoms with Gasteiger partial charge in [0.25, 0.3) is 0 Å². The molecule has 1 aromatic rings. The molecule has 88 valence electrons. The summed E-state index contributed by atoms with van der Waals surface area (Å²) in [5.41, 5.74) is 0.0469. The van der Waals surface area contributed by atoms with E-state index in [1.54, 1.807) is 0 Å². The van der Waals surface area contributed by atoms with Crippen LogP contribution in [0.25, 0.3) is 0 Å². The molecule has 0 aromatic carbocycles. The quantitative estimate of drug-likeness (QED) is 0.828. The van der Waals surface area contributed by atoms with Crippen molar-refractivity contribution in [1.29, 1.82) is 0 Å². The minimum atomic E-state index is -1.05. The largest absolute Gasteiger partial charge is 0.477 e. The third-order valence-corrected chi connectivity index (χ3v) is 2.03. The lowest BCUT2D eigenvalue weighted by molar-refractivity contribution is 0.0686. The highest BCUT2D eigenvalue weighted by Crippen LogP contribution is 2.17. The average molecular weight is 224 g/mol. The van der Waals surface area contributed by atoms with Crippen LogP contribution in [0.5, 0.6) is 5.88 Å². The van der Waals surface area contributed by atoms with Gasteiger partial charge in [-0.05, 0) is 25.3 Å². The third kappa shape index (κ3) is 3.49. The predicted octanol–water partition coefficient (Wildman–Crippen LogP) is 1.99. The minimum Gasteiger partial charge on any atom is -0.477 e. The third-order valence-electron chi connectivity index (χ3n) is 2.03. The van der Waals surface area contributed by atoms with E-state index < -0.39 is 5.97 Å². The first-order valence-corrected chi connectivity index (χ1v) is 5.22. The van der Waals surface area contributed by atoms with Gasteiger partial charge in [0.2, 0.25) is 5.88 Å². The van der Waals surface area contributed by atoms with Gasteiger partial charge < -0.3 is 9.84 Å². The van der Waals surface area contributed by atoms with Crippen molar-refractivity contribution in [3.63, 3.8) is 0 Å². The molecular formula is C11H16N2O3. The number of aromatic carboxylic acids is 1. The summed E-state index contributed by atoms with van der Waals surface area (Å²) < 4.78 is 5.46. The van der Waals surface area contributed by atoms with Crippen LogP contribution in [0.3, 0.4) is 0 Å². The Morgan fingerprint density at radius 3 is 2.75 bits per heavy atom. The summed E-state index contributed by atoms with van der Waals surface area (Å²) in [5, 5.41) is 16.2. The number of carboxylic acid groups (broad SMARTS) is 1. The zero-order chi connectivity index (χ0) is 12.1. The van der Waals surface area contributed by atoms with E-state index in [0.717, 1.165) is 6.42 Å². The number of rotatable bonds is 5. The van der Waals surface area contributed by atoms with Crippen LogP contribution in [0.15, 0.2) is 12.3 Å². The molecule has 5 nitrogen and oxygen atoms in total. The van der Waals surface area contributed by atoms with Crippen LogP contribution in [0, 0.1) is 5.92 Å². The summed E-state index contributed by atoms with van der Waals surface area (Å²) >= 11 is 0. The molecule has 1 unspecified atom stereocenters. The Hall–Kier alpha value is -1.65. The fraction of sp³-hybridized carbons (Fsp3) is 0.545. The SMILES string of the molecule is CC(C)CC(C)Oc1nnccc1C(=O)O. The summed E-state index contributed by atoms with van der Waals surface area (Å²) in [6.07, 6.45) is 2.11. The van der Waals surface area contributed by atoms with Gasteiger partial charge in [0.05, 0.1) is 12.3 Å². The number of hydrogen-bond acceptors (Lipinski definition) is 4. The highest BCUT2D eigenvalue weighted by Gasteiger charge is 2.15. The van der Waals surface area contributed by atoms with E-state index in [1.165, 1.54) is 12.3 Å². The zero-order valence-electron chi connectivity index (χ0n) is 9.67. The fourth-order valence-corrected chi connectivity index (χ4v) is 1.47. The number of carboxylic acids is 1. The second kappa shape index (κ2) is 5.44. The van der Waals surface area contributed by atoms with Crippen LogP contribution in [-0.2, 0) is 0 Å². The number of nitrogens with zero attached hydrogens (tertiary/aromatic N) is 2. The molecule has 1 aromatic heterocycles. The van der Waals surface area contributed by atoms with Gasteiger partial charge in [-0.1, -0.05) is 13.8 Å². The van der Waals surface area contributed by atoms with Gasteiger partial charge in [-0.25, -0.2) is 4.79 Å². The van der Waals surface area contributed by atoms with E-state index in [-0.39, 0.29) is 17.5 Å². The highest BCUT2D eigenvalue weighted by molar-refractivity contribution is 5.89. The minimum absolute atomic E-state index is 0.0469. The molecule has 5 heteroatoms. The van der Waals surface area contributed by atoms with Crippen LogP contribution in [-0.4, -0.2) is 27.4 Å². The maximum absolute atomic E-state index is 10.9. The van der Waals surface area contributed by atoms with Gasteiger partial charge in [0, 0.05) is 0 Å². The van der Waals surface area contributed by atoms with Crippen LogP contribution < -0.4 is 4.74 Å². The molecule has 0 aliphatic heterocycles. The Labute approximate surface area is 94.5 Å². The lowest BCUT2D eigenvalue weighted by Crippen LogP contribution is -2.17. The van der Waals surface area contributed by atoms with Crippen LogP contribution in [0.2, 0.25) is 0 Å². The molecule has 1 heterocycles. The Morgan fingerprint density at radius 1 is 1.50 bits per heavy atom. The van der Waals surface area contributed by atoms with E-state index >= 15 is 0 Å². The Morgan fingerprint density at radius 2 is 2.19 bits per heavy atom. The predicted molar refractivity (Wildman–Crippen MR) is 58.5 cm³/mol. The monoisotopic (exact) mass is 224 g/mol. The molecule has 0 saturated carbocycles. The number of hydrogen-bond donors (Lipinski definition) is 1. The molecule has 0 radical (unpaired) electrons. The van der Waals surface area contributed by atoms with Gasteiger partial charge in [-0.15, -0.1) is 5.10 Å².